The summed E-state index contributed by atoms with van der Waals surface area (Å²) in [5.74, 6) is -3.94. The molecular formula is C18H30O8. The molecule has 1 N–H and O–H groups in total. The summed E-state index contributed by atoms with van der Waals surface area (Å²) in [5, 5.41) is 10.5. The van der Waals surface area contributed by atoms with E-state index in [1.165, 1.54) is 0 Å². The van der Waals surface area contributed by atoms with Gasteiger partial charge in [-0.25, -0.2) is 4.79 Å². The van der Waals surface area contributed by atoms with Gasteiger partial charge < -0.3 is 19.3 Å². The molecule has 0 aliphatic carbocycles. The third-order valence-corrected chi connectivity index (χ3v) is 3.50. The van der Waals surface area contributed by atoms with E-state index in [9.17, 15) is 24.3 Å². The van der Waals surface area contributed by atoms with Crippen LogP contribution in [0.4, 0.5) is 0 Å². The zero-order valence-electron chi connectivity index (χ0n) is 15.9. The van der Waals surface area contributed by atoms with E-state index in [-0.39, 0.29) is 13.2 Å². The topological polar surface area (TPSA) is 116 Å². The predicted molar refractivity (Wildman–Crippen MR) is 91.9 cm³/mol. The first kappa shape index (κ1) is 24.0. The molecule has 150 valence electrons. The first-order chi connectivity index (χ1) is 12.2. The largest absolute Gasteiger partial charge is 0.466 e. The van der Waals surface area contributed by atoms with E-state index in [2.05, 4.69) is 4.74 Å². The molecule has 0 aromatic rings. The monoisotopic (exact) mass is 374 g/mol. The molecular weight excluding hydrogens is 344 g/mol. The minimum atomic E-state index is -2.43. The van der Waals surface area contributed by atoms with Gasteiger partial charge in [-0.3, -0.25) is 14.4 Å². The number of unbranched alkanes of at least 4 members (excludes halogenated alkanes) is 4. The number of esters is 4. The van der Waals surface area contributed by atoms with Crippen molar-refractivity contribution in [2.75, 3.05) is 13.2 Å². The van der Waals surface area contributed by atoms with E-state index < -0.39 is 42.3 Å². The first-order valence-corrected chi connectivity index (χ1v) is 9.01. The van der Waals surface area contributed by atoms with Crippen LogP contribution < -0.4 is 0 Å². The second-order valence-electron chi connectivity index (χ2n) is 6.12. The Labute approximate surface area is 154 Å². The number of ether oxygens (including phenoxy) is 3. The molecule has 0 spiro atoms. The molecule has 0 fully saturated rings. The van der Waals surface area contributed by atoms with Gasteiger partial charge in [-0.05, 0) is 12.8 Å². The summed E-state index contributed by atoms with van der Waals surface area (Å²) in [7, 11) is 0. The van der Waals surface area contributed by atoms with Crippen LogP contribution >= 0.6 is 0 Å². The maximum Gasteiger partial charge on any atom is 0.339 e. The summed E-state index contributed by atoms with van der Waals surface area (Å²) >= 11 is 0. The molecule has 0 saturated carbocycles. The second kappa shape index (κ2) is 13.3. The fraction of sp³-hybridized carbons (Fsp3) is 0.778. The van der Waals surface area contributed by atoms with Crippen molar-refractivity contribution >= 4 is 23.9 Å². The highest BCUT2D eigenvalue weighted by Gasteiger charge is 2.43. The van der Waals surface area contributed by atoms with E-state index in [1.807, 2.05) is 13.8 Å². The third kappa shape index (κ3) is 10.8. The molecule has 0 aromatic carbocycles. The van der Waals surface area contributed by atoms with Crippen LogP contribution in [0.1, 0.15) is 72.1 Å². The van der Waals surface area contributed by atoms with Crippen molar-refractivity contribution in [1.82, 2.24) is 0 Å². The number of hydrogen-bond donors (Lipinski definition) is 1. The Bertz CT molecular complexity index is 474. The Morgan fingerprint density at radius 2 is 1.31 bits per heavy atom. The van der Waals surface area contributed by atoms with E-state index in [0.717, 1.165) is 32.6 Å². The van der Waals surface area contributed by atoms with E-state index >= 15 is 0 Å². The van der Waals surface area contributed by atoms with Crippen LogP contribution in [0.2, 0.25) is 0 Å². The summed E-state index contributed by atoms with van der Waals surface area (Å²) in [6.07, 6.45) is 3.20. The highest BCUT2D eigenvalue weighted by Crippen LogP contribution is 2.20. The van der Waals surface area contributed by atoms with Gasteiger partial charge in [0.05, 0.1) is 26.1 Å². The molecule has 8 nitrogen and oxygen atoms in total. The fourth-order valence-corrected chi connectivity index (χ4v) is 2.12. The Hall–Kier alpha value is -1.96. The maximum absolute atomic E-state index is 12.2. The third-order valence-electron chi connectivity index (χ3n) is 3.50. The van der Waals surface area contributed by atoms with Crippen molar-refractivity contribution in [3.8, 4) is 0 Å². The molecule has 0 aromatic heterocycles. The van der Waals surface area contributed by atoms with E-state index in [4.69, 9.17) is 9.47 Å². The van der Waals surface area contributed by atoms with Gasteiger partial charge >= 0.3 is 23.9 Å². The quantitative estimate of drug-likeness (QED) is 0.225. The molecule has 0 radical (unpaired) electrons. The standard InChI is InChI=1S/C18H30O8/c1-4-6-8-10-24-15(20)12-18(23,13-16(21)26-14(3)19)17(22)25-11-9-7-5-2/h23H,4-13H2,1-3H3. The minimum Gasteiger partial charge on any atom is -0.466 e. The summed E-state index contributed by atoms with van der Waals surface area (Å²) in [4.78, 5) is 46.6. The van der Waals surface area contributed by atoms with Crippen LogP contribution in [0.5, 0.6) is 0 Å². The number of carbonyl (C=O) groups excluding carboxylic acids is 4. The lowest BCUT2D eigenvalue weighted by Crippen LogP contribution is -2.45. The molecule has 0 saturated heterocycles. The number of carbonyl (C=O) groups is 4. The van der Waals surface area contributed by atoms with Crippen LogP contribution in [-0.2, 0) is 33.4 Å². The van der Waals surface area contributed by atoms with Crippen LogP contribution in [0.15, 0.2) is 0 Å². The number of rotatable bonds is 13. The van der Waals surface area contributed by atoms with Gasteiger partial charge in [0.15, 0.2) is 5.60 Å². The summed E-state index contributed by atoms with van der Waals surface area (Å²) < 4.78 is 14.3. The Morgan fingerprint density at radius 3 is 1.81 bits per heavy atom. The van der Waals surface area contributed by atoms with E-state index in [1.54, 1.807) is 0 Å². The van der Waals surface area contributed by atoms with Gasteiger partial charge in [0.2, 0.25) is 0 Å². The number of hydrogen-bond acceptors (Lipinski definition) is 8. The van der Waals surface area contributed by atoms with Crippen molar-refractivity contribution in [1.29, 1.82) is 0 Å². The second-order valence-corrected chi connectivity index (χ2v) is 6.12. The lowest BCUT2D eigenvalue weighted by molar-refractivity contribution is -0.179. The zero-order valence-corrected chi connectivity index (χ0v) is 15.9. The van der Waals surface area contributed by atoms with Crippen LogP contribution in [0.3, 0.4) is 0 Å². The van der Waals surface area contributed by atoms with Gasteiger partial charge in [-0.2, -0.15) is 0 Å². The van der Waals surface area contributed by atoms with E-state index in [0.29, 0.717) is 12.8 Å². The molecule has 0 aliphatic heterocycles. The van der Waals surface area contributed by atoms with Crippen molar-refractivity contribution < 1.29 is 38.5 Å². The van der Waals surface area contributed by atoms with Crippen LogP contribution in [0, 0.1) is 0 Å². The Kier molecular flexibility index (Phi) is 12.3. The normalized spacial score (nSPS) is 12.8. The average molecular weight is 374 g/mol. The van der Waals surface area contributed by atoms with Gasteiger partial charge in [-0.1, -0.05) is 39.5 Å². The fourth-order valence-electron chi connectivity index (χ4n) is 2.12. The molecule has 0 bridgehead atoms. The minimum absolute atomic E-state index is 0.0578. The molecule has 8 heteroatoms. The maximum atomic E-state index is 12.2. The van der Waals surface area contributed by atoms with Crippen molar-refractivity contribution in [2.45, 2.75) is 77.7 Å². The lowest BCUT2D eigenvalue weighted by atomic mass is 9.95. The molecule has 1 atom stereocenters. The highest BCUT2D eigenvalue weighted by atomic mass is 16.6. The smallest absolute Gasteiger partial charge is 0.339 e. The van der Waals surface area contributed by atoms with Gasteiger partial charge in [0.1, 0.15) is 0 Å². The zero-order chi connectivity index (χ0) is 20.0. The van der Waals surface area contributed by atoms with Crippen molar-refractivity contribution in [3.63, 3.8) is 0 Å². The Morgan fingerprint density at radius 1 is 0.808 bits per heavy atom. The summed E-state index contributed by atoms with van der Waals surface area (Å²) in [6.45, 7) is 5.21. The first-order valence-electron chi connectivity index (χ1n) is 9.01. The van der Waals surface area contributed by atoms with Crippen LogP contribution in [-0.4, -0.2) is 47.8 Å². The van der Waals surface area contributed by atoms with Crippen molar-refractivity contribution in [2.24, 2.45) is 0 Å². The summed E-state index contributed by atoms with van der Waals surface area (Å²) in [6, 6.07) is 0. The predicted octanol–water partition coefficient (Wildman–Crippen LogP) is 2.05. The Balaban J connectivity index is 4.84. The SMILES string of the molecule is CCCCCOC(=O)CC(O)(CC(=O)OC(C)=O)C(=O)OCCCCC. The molecule has 0 aliphatic rings. The molecule has 0 heterocycles. The summed E-state index contributed by atoms with van der Waals surface area (Å²) in [5.41, 5.74) is -2.43. The molecule has 0 amide bonds. The highest BCUT2D eigenvalue weighted by molar-refractivity contribution is 5.92. The van der Waals surface area contributed by atoms with Crippen molar-refractivity contribution in [3.05, 3.63) is 0 Å². The molecule has 1 unspecified atom stereocenters. The van der Waals surface area contributed by atoms with Gasteiger partial charge in [0, 0.05) is 6.92 Å². The lowest BCUT2D eigenvalue weighted by Gasteiger charge is -2.24. The van der Waals surface area contributed by atoms with Gasteiger partial charge in [0.25, 0.3) is 0 Å². The molecule has 0 rings (SSSR count). The number of aliphatic hydroxyl groups is 1. The molecule has 26 heavy (non-hydrogen) atoms. The van der Waals surface area contributed by atoms with Crippen LogP contribution in [0.25, 0.3) is 0 Å². The van der Waals surface area contributed by atoms with Gasteiger partial charge in [-0.15, -0.1) is 0 Å². The average Bonchev–Trinajstić information content (AvgIpc) is 2.54.